The number of nitrogens with zero attached hydrogens (tertiary/aromatic N) is 2. The number of rotatable bonds is 3. The van der Waals surface area contributed by atoms with E-state index in [1.54, 1.807) is 30.3 Å². The van der Waals surface area contributed by atoms with Gasteiger partial charge in [-0.2, -0.15) is 5.10 Å². The summed E-state index contributed by atoms with van der Waals surface area (Å²) >= 11 is 6.10. The molecule has 0 unspecified atom stereocenters. The van der Waals surface area contributed by atoms with Crippen LogP contribution in [-0.2, 0) is 4.79 Å². The maximum Gasteiger partial charge on any atom is 0.258 e. The largest absolute Gasteiger partial charge is 0.321 e. The highest BCUT2D eigenvalue weighted by Gasteiger charge is 2.35. The van der Waals surface area contributed by atoms with E-state index in [0.717, 1.165) is 10.9 Å². The van der Waals surface area contributed by atoms with Crippen LogP contribution >= 0.6 is 11.6 Å². The summed E-state index contributed by atoms with van der Waals surface area (Å²) in [6.45, 7) is 1.38. The molecule has 7 heteroatoms. The zero-order valence-electron chi connectivity index (χ0n) is 17.7. The molecule has 33 heavy (non-hydrogen) atoms. The number of pyridine rings is 1. The number of hydrogen-bond donors (Lipinski definition) is 1. The number of carbonyl (C=O) groups excluding carboxylic acids is 1. The number of para-hydroxylation sites is 1. The Morgan fingerprint density at radius 1 is 1.03 bits per heavy atom. The number of hydrazone groups is 1. The van der Waals surface area contributed by atoms with Gasteiger partial charge >= 0.3 is 0 Å². The second-order valence-electron chi connectivity index (χ2n) is 7.91. The fourth-order valence-electron chi connectivity index (χ4n) is 4.37. The van der Waals surface area contributed by atoms with E-state index in [-0.39, 0.29) is 17.9 Å². The second kappa shape index (κ2) is 8.30. The molecule has 1 aliphatic heterocycles. The van der Waals surface area contributed by atoms with E-state index >= 15 is 0 Å². The van der Waals surface area contributed by atoms with Crippen LogP contribution in [-0.4, -0.2) is 21.6 Å². The fraction of sp³-hybridized carbons (Fsp3) is 0.115. The lowest BCUT2D eigenvalue weighted by atomic mass is 9.91. The molecule has 1 N–H and O–H groups in total. The minimum atomic E-state index is -0.636. The number of halogens is 2. The topological polar surface area (TPSA) is 65.5 Å². The van der Waals surface area contributed by atoms with Gasteiger partial charge < -0.3 is 4.98 Å². The SMILES string of the molecule is CC(=O)N1N=C(c2c(-c3ccc(Cl)cc3)c3ccccc3[nH]c2=O)C[C@H]1c1ccccc1F. The van der Waals surface area contributed by atoms with Crippen LogP contribution in [0.2, 0.25) is 5.02 Å². The number of H-pyrrole nitrogens is 1. The Labute approximate surface area is 194 Å². The van der Waals surface area contributed by atoms with Crippen molar-refractivity contribution in [2.45, 2.75) is 19.4 Å². The van der Waals surface area contributed by atoms with Crippen molar-refractivity contribution in [3.05, 3.63) is 105 Å². The van der Waals surface area contributed by atoms with Crippen LogP contribution in [0.25, 0.3) is 22.0 Å². The fourth-order valence-corrected chi connectivity index (χ4v) is 4.50. The van der Waals surface area contributed by atoms with Crippen LogP contribution in [0.3, 0.4) is 0 Å². The van der Waals surface area contributed by atoms with Gasteiger partial charge in [-0.05, 0) is 29.8 Å². The Bertz CT molecular complexity index is 1480. The summed E-state index contributed by atoms with van der Waals surface area (Å²) < 4.78 is 14.6. The van der Waals surface area contributed by atoms with Crippen molar-refractivity contribution in [2.24, 2.45) is 5.10 Å². The number of carbonyl (C=O) groups is 1. The van der Waals surface area contributed by atoms with E-state index < -0.39 is 11.9 Å². The molecule has 1 amide bonds. The normalized spacial score (nSPS) is 15.7. The molecule has 5 rings (SSSR count). The lowest BCUT2D eigenvalue weighted by molar-refractivity contribution is -0.130. The molecule has 0 bridgehead atoms. The Kier molecular flexibility index (Phi) is 5.30. The second-order valence-corrected chi connectivity index (χ2v) is 8.34. The molecule has 5 nitrogen and oxygen atoms in total. The minimum absolute atomic E-state index is 0.211. The zero-order chi connectivity index (χ0) is 23.1. The van der Waals surface area contributed by atoms with Gasteiger partial charge in [-0.1, -0.05) is 60.1 Å². The third-order valence-electron chi connectivity index (χ3n) is 5.84. The lowest BCUT2D eigenvalue weighted by Crippen LogP contribution is -2.25. The molecule has 1 aromatic heterocycles. The first-order chi connectivity index (χ1) is 15.9. The van der Waals surface area contributed by atoms with Gasteiger partial charge in [0.05, 0.1) is 17.3 Å². The van der Waals surface area contributed by atoms with Crippen LogP contribution < -0.4 is 5.56 Å². The van der Waals surface area contributed by atoms with Crippen molar-refractivity contribution < 1.29 is 9.18 Å². The maximum atomic E-state index is 14.6. The van der Waals surface area contributed by atoms with Crippen molar-refractivity contribution in [2.75, 3.05) is 0 Å². The predicted octanol–water partition coefficient (Wildman–Crippen LogP) is 5.69. The summed E-state index contributed by atoms with van der Waals surface area (Å²) in [7, 11) is 0. The molecule has 0 fully saturated rings. The molecular formula is C26H19ClFN3O2. The third-order valence-corrected chi connectivity index (χ3v) is 6.09. The highest BCUT2D eigenvalue weighted by Crippen LogP contribution is 2.37. The van der Waals surface area contributed by atoms with Crippen molar-refractivity contribution >= 4 is 34.1 Å². The number of fused-ring (bicyclic) bond motifs is 1. The van der Waals surface area contributed by atoms with E-state index in [9.17, 15) is 14.0 Å². The lowest BCUT2D eigenvalue weighted by Gasteiger charge is -2.20. The number of aromatic amines is 1. The summed E-state index contributed by atoms with van der Waals surface area (Å²) in [6, 6.07) is 20.4. The quantitative estimate of drug-likeness (QED) is 0.428. The van der Waals surface area contributed by atoms with Gasteiger partial charge in [0.25, 0.3) is 5.56 Å². The maximum absolute atomic E-state index is 14.6. The highest BCUT2D eigenvalue weighted by atomic mass is 35.5. The van der Waals surface area contributed by atoms with E-state index in [0.29, 0.717) is 32.9 Å². The molecule has 1 aliphatic rings. The van der Waals surface area contributed by atoms with Crippen LogP contribution in [0, 0.1) is 5.82 Å². The molecule has 4 aromatic rings. The van der Waals surface area contributed by atoms with Crippen molar-refractivity contribution in [3.63, 3.8) is 0 Å². The third kappa shape index (κ3) is 3.72. The van der Waals surface area contributed by atoms with Gasteiger partial charge in [-0.3, -0.25) is 9.59 Å². The molecule has 2 heterocycles. The monoisotopic (exact) mass is 459 g/mol. The van der Waals surface area contributed by atoms with Crippen LogP contribution in [0.1, 0.15) is 30.5 Å². The van der Waals surface area contributed by atoms with Crippen molar-refractivity contribution in [1.29, 1.82) is 0 Å². The van der Waals surface area contributed by atoms with Gasteiger partial charge in [0, 0.05) is 40.4 Å². The van der Waals surface area contributed by atoms with Crippen molar-refractivity contribution in [1.82, 2.24) is 9.99 Å². The van der Waals surface area contributed by atoms with Gasteiger partial charge in [0.2, 0.25) is 5.91 Å². The van der Waals surface area contributed by atoms with Crippen LogP contribution in [0.4, 0.5) is 4.39 Å². The van der Waals surface area contributed by atoms with E-state index in [4.69, 9.17) is 11.6 Å². The molecule has 164 valence electrons. The van der Waals surface area contributed by atoms with Crippen molar-refractivity contribution in [3.8, 4) is 11.1 Å². The number of benzene rings is 3. The predicted molar refractivity (Wildman–Crippen MR) is 128 cm³/mol. The molecule has 3 aromatic carbocycles. The average molecular weight is 460 g/mol. The van der Waals surface area contributed by atoms with Gasteiger partial charge in [0.15, 0.2) is 0 Å². The number of amides is 1. The van der Waals surface area contributed by atoms with Gasteiger partial charge in [-0.25, -0.2) is 9.40 Å². The molecule has 1 atom stereocenters. The van der Waals surface area contributed by atoms with Crippen LogP contribution in [0.15, 0.2) is 82.7 Å². The Balaban J connectivity index is 1.74. The zero-order valence-corrected chi connectivity index (χ0v) is 18.4. The molecule has 0 spiro atoms. The highest BCUT2D eigenvalue weighted by molar-refractivity contribution is 6.30. The summed E-state index contributed by atoms with van der Waals surface area (Å²) in [5.74, 6) is -0.751. The summed E-state index contributed by atoms with van der Waals surface area (Å²) in [5.41, 5.74) is 3.00. The summed E-state index contributed by atoms with van der Waals surface area (Å²) in [5, 5.41) is 7.19. The molecule has 0 saturated heterocycles. The number of aromatic nitrogens is 1. The van der Waals surface area contributed by atoms with Gasteiger partial charge in [0.1, 0.15) is 5.82 Å². The molecular weight excluding hydrogens is 441 g/mol. The Morgan fingerprint density at radius 3 is 2.45 bits per heavy atom. The van der Waals surface area contributed by atoms with E-state index in [1.807, 2.05) is 36.4 Å². The molecule has 0 radical (unpaired) electrons. The first-order valence-corrected chi connectivity index (χ1v) is 10.8. The average Bonchev–Trinajstić information content (AvgIpc) is 3.24. The summed E-state index contributed by atoms with van der Waals surface area (Å²) in [6.07, 6.45) is 0.211. The van der Waals surface area contributed by atoms with Gasteiger partial charge in [-0.15, -0.1) is 0 Å². The number of hydrogen-bond acceptors (Lipinski definition) is 3. The Hall–Kier alpha value is -3.77. The standard InChI is InChI=1S/C26H19ClFN3O2/c1-15(32)31-23(18-6-2-4-8-20(18)28)14-22(30-31)25-24(16-10-12-17(27)13-11-16)19-7-3-5-9-21(19)29-26(25)33/h2-13,23H,14H2,1H3,(H,29,33)/t23-/m0/s1. The minimum Gasteiger partial charge on any atom is -0.321 e. The van der Waals surface area contributed by atoms with Crippen LogP contribution in [0.5, 0.6) is 0 Å². The van der Waals surface area contributed by atoms with E-state index in [1.165, 1.54) is 18.0 Å². The smallest absolute Gasteiger partial charge is 0.258 e. The first kappa shape index (κ1) is 21.1. The molecule has 0 aliphatic carbocycles. The van der Waals surface area contributed by atoms with E-state index in [2.05, 4.69) is 10.1 Å². The molecule has 0 saturated carbocycles. The summed E-state index contributed by atoms with van der Waals surface area (Å²) in [4.78, 5) is 28.7. The first-order valence-electron chi connectivity index (χ1n) is 10.5. The Morgan fingerprint density at radius 2 is 1.73 bits per heavy atom. The number of nitrogens with one attached hydrogen (secondary N) is 1.